The van der Waals surface area contributed by atoms with Gasteiger partial charge in [0.25, 0.3) is 10.0 Å². The second-order valence-corrected chi connectivity index (χ2v) is 7.18. The summed E-state index contributed by atoms with van der Waals surface area (Å²) in [7, 11) is -3.68. The lowest BCUT2D eigenvalue weighted by Gasteiger charge is -2.13. The molecule has 0 radical (unpaired) electrons. The van der Waals surface area contributed by atoms with E-state index >= 15 is 0 Å². The number of nitrogens with zero attached hydrogens (tertiary/aromatic N) is 1. The van der Waals surface area contributed by atoms with Crippen LogP contribution in [0, 0.1) is 3.57 Å². The Balaban J connectivity index is 2.34. The van der Waals surface area contributed by atoms with Crippen molar-refractivity contribution in [2.75, 3.05) is 16.6 Å². The Morgan fingerprint density at radius 1 is 1.19 bits per heavy atom. The van der Waals surface area contributed by atoms with Crippen molar-refractivity contribution in [3.05, 3.63) is 46.2 Å². The molecule has 0 aliphatic rings. The average Bonchev–Trinajstić information content (AvgIpc) is 2.47. The number of rotatable bonds is 6. The van der Waals surface area contributed by atoms with Crippen LogP contribution in [0.15, 0.2) is 47.5 Å². The van der Waals surface area contributed by atoms with Crippen molar-refractivity contribution in [1.82, 2.24) is 4.98 Å². The SMILES string of the molecule is CCCNc1ncccc1S(=O)(=O)Nc1ccccc1I. The number of hydrogen-bond acceptors (Lipinski definition) is 4. The van der Waals surface area contributed by atoms with Gasteiger partial charge in [-0.05, 0) is 53.3 Å². The van der Waals surface area contributed by atoms with Crippen LogP contribution < -0.4 is 10.0 Å². The summed E-state index contributed by atoms with van der Waals surface area (Å²) in [5.41, 5.74) is 0.559. The number of benzene rings is 1. The molecule has 7 heteroatoms. The first-order chi connectivity index (χ1) is 10.0. The van der Waals surface area contributed by atoms with Crippen LogP contribution in [0.3, 0.4) is 0 Å². The number of pyridine rings is 1. The molecule has 2 N–H and O–H groups in total. The van der Waals surface area contributed by atoms with Gasteiger partial charge < -0.3 is 5.32 Å². The lowest BCUT2D eigenvalue weighted by molar-refractivity contribution is 0.601. The molecule has 1 heterocycles. The molecular formula is C14H16IN3O2S. The molecular weight excluding hydrogens is 401 g/mol. The normalized spacial score (nSPS) is 11.1. The first-order valence-corrected chi connectivity index (χ1v) is 9.07. The monoisotopic (exact) mass is 417 g/mol. The zero-order valence-electron chi connectivity index (χ0n) is 11.5. The maximum absolute atomic E-state index is 12.5. The Morgan fingerprint density at radius 2 is 1.95 bits per heavy atom. The molecule has 2 aromatic rings. The third kappa shape index (κ3) is 4.07. The maximum Gasteiger partial charge on any atom is 0.265 e. The van der Waals surface area contributed by atoms with E-state index in [1.54, 1.807) is 30.5 Å². The molecule has 0 unspecified atom stereocenters. The lowest BCUT2D eigenvalue weighted by Crippen LogP contribution is -2.17. The van der Waals surface area contributed by atoms with Crippen molar-refractivity contribution in [3.63, 3.8) is 0 Å². The van der Waals surface area contributed by atoms with Crippen molar-refractivity contribution < 1.29 is 8.42 Å². The number of nitrogens with one attached hydrogen (secondary N) is 2. The summed E-state index contributed by atoms with van der Waals surface area (Å²) in [6, 6.07) is 10.4. The largest absolute Gasteiger partial charge is 0.369 e. The summed E-state index contributed by atoms with van der Waals surface area (Å²) in [5.74, 6) is 0.373. The molecule has 0 fully saturated rings. The van der Waals surface area contributed by atoms with Crippen molar-refractivity contribution in [2.24, 2.45) is 0 Å². The fourth-order valence-electron chi connectivity index (χ4n) is 1.73. The Labute approximate surface area is 138 Å². The van der Waals surface area contributed by atoms with Crippen molar-refractivity contribution in [1.29, 1.82) is 0 Å². The number of para-hydroxylation sites is 1. The van der Waals surface area contributed by atoms with Crippen LogP contribution in [-0.2, 0) is 10.0 Å². The number of sulfonamides is 1. The molecule has 21 heavy (non-hydrogen) atoms. The van der Waals surface area contributed by atoms with Gasteiger partial charge in [0, 0.05) is 16.3 Å². The summed E-state index contributed by atoms with van der Waals surface area (Å²) in [5, 5.41) is 3.04. The number of aromatic nitrogens is 1. The molecule has 0 aliphatic heterocycles. The van der Waals surface area contributed by atoms with Crippen molar-refractivity contribution in [3.8, 4) is 0 Å². The number of anilines is 2. The molecule has 0 bridgehead atoms. The van der Waals surface area contributed by atoms with Crippen LogP contribution in [0.5, 0.6) is 0 Å². The van der Waals surface area contributed by atoms with Crippen molar-refractivity contribution in [2.45, 2.75) is 18.2 Å². The third-order valence-corrected chi connectivity index (χ3v) is 5.06. The van der Waals surface area contributed by atoms with E-state index in [0.29, 0.717) is 18.1 Å². The van der Waals surface area contributed by atoms with Gasteiger partial charge in [-0.1, -0.05) is 19.1 Å². The van der Waals surface area contributed by atoms with E-state index in [2.05, 4.69) is 37.6 Å². The van der Waals surface area contributed by atoms with Gasteiger partial charge in [0.1, 0.15) is 10.7 Å². The summed E-state index contributed by atoms with van der Waals surface area (Å²) < 4.78 is 28.5. The zero-order valence-corrected chi connectivity index (χ0v) is 14.5. The predicted molar refractivity (Wildman–Crippen MR) is 93.0 cm³/mol. The predicted octanol–water partition coefficient (Wildman–Crippen LogP) is 3.31. The fraction of sp³-hybridized carbons (Fsp3) is 0.214. The first-order valence-electron chi connectivity index (χ1n) is 6.51. The molecule has 0 saturated carbocycles. The number of hydrogen-bond donors (Lipinski definition) is 2. The third-order valence-electron chi connectivity index (χ3n) is 2.72. The van der Waals surface area contributed by atoms with Gasteiger partial charge in [-0.15, -0.1) is 0 Å². The number of halogens is 1. The standard InChI is InChI=1S/C14H16IN3O2S/c1-2-9-16-14-13(8-5-10-17-14)21(19,20)18-12-7-4-3-6-11(12)15/h3-8,10,18H,2,9H2,1H3,(H,16,17). The molecule has 5 nitrogen and oxygen atoms in total. The lowest BCUT2D eigenvalue weighted by atomic mass is 10.3. The Morgan fingerprint density at radius 3 is 2.67 bits per heavy atom. The van der Waals surface area contributed by atoms with Gasteiger partial charge in [0.2, 0.25) is 0 Å². The first kappa shape index (κ1) is 16.0. The van der Waals surface area contributed by atoms with Crippen LogP contribution >= 0.6 is 22.6 Å². The average molecular weight is 417 g/mol. The zero-order chi connectivity index (χ0) is 15.3. The highest BCUT2D eigenvalue weighted by Gasteiger charge is 2.20. The Kier molecular flexibility index (Phi) is 5.40. The molecule has 0 atom stereocenters. The van der Waals surface area contributed by atoms with Gasteiger partial charge in [0.05, 0.1) is 5.69 Å². The van der Waals surface area contributed by atoms with Crippen LogP contribution in [0.1, 0.15) is 13.3 Å². The molecule has 0 saturated heterocycles. The second-order valence-electron chi connectivity index (χ2n) is 4.36. The molecule has 1 aromatic carbocycles. The van der Waals surface area contributed by atoms with E-state index in [4.69, 9.17) is 0 Å². The van der Waals surface area contributed by atoms with Crippen LogP contribution in [0.4, 0.5) is 11.5 Å². The minimum absolute atomic E-state index is 0.151. The van der Waals surface area contributed by atoms with E-state index in [9.17, 15) is 8.42 Å². The molecule has 0 spiro atoms. The van der Waals surface area contributed by atoms with Gasteiger partial charge in [-0.2, -0.15) is 0 Å². The fourth-order valence-corrected chi connectivity index (χ4v) is 3.65. The summed E-state index contributed by atoms with van der Waals surface area (Å²) in [4.78, 5) is 4.27. The highest BCUT2D eigenvalue weighted by Crippen LogP contribution is 2.24. The van der Waals surface area contributed by atoms with Gasteiger partial charge in [0.15, 0.2) is 0 Å². The second kappa shape index (κ2) is 7.08. The Hall–Kier alpha value is -1.35. The van der Waals surface area contributed by atoms with E-state index in [-0.39, 0.29) is 4.90 Å². The van der Waals surface area contributed by atoms with E-state index in [1.807, 2.05) is 19.1 Å². The van der Waals surface area contributed by atoms with Gasteiger partial charge in [-0.3, -0.25) is 4.72 Å². The van der Waals surface area contributed by atoms with Crippen LogP contribution in [0.25, 0.3) is 0 Å². The van der Waals surface area contributed by atoms with E-state index in [0.717, 1.165) is 9.99 Å². The van der Waals surface area contributed by atoms with Crippen LogP contribution in [-0.4, -0.2) is 19.9 Å². The smallest absolute Gasteiger partial charge is 0.265 e. The molecule has 112 valence electrons. The van der Waals surface area contributed by atoms with E-state index < -0.39 is 10.0 Å². The summed E-state index contributed by atoms with van der Waals surface area (Å²) >= 11 is 2.09. The molecule has 0 aliphatic carbocycles. The highest BCUT2D eigenvalue weighted by atomic mass is 127. The molecule has 1 aromatic heterocycles. The van der Waals surface area contributed by atoms with Crippen LogP contribution in [0.2, 0.25) is 0 Å². The maximum atomic E-state index is 12.5. The Bertz CT molecular complexity index is 720. The van der Waals surface area contributed by atoms with Crippen molar-refractivity contribution >= 4 is 44.1 Å². The summed E-state index contributed by atoms with van der Waals surface area (Å²) in [6.45, 7) is 2.68. The molecule has 2 rings (SSSR count). The topological polar surface area (TPSA) is 71.1 Å². The van der Waals surface area contributed by atoms with Gasteiger partial charge in [-0.25, -0.2) is 13.4 Å². The van der Waals surface area contributed by atoms with Gasteiger partial charge >= 0.3 is 0 Å². The summed E-state index contributed by atoms with van der Waals surface area (Å²) in [6.07, 6.45) is 2.46. The van der Waals surface area contributed by atoms with E-state index in [1.165, 1.54) is 0 Å². The highest BCUT2D eigenvalue weighted by molar-refractivity contribution is 14.1. The quantitative estimate of drug-likeness (QED) is 0.708. The molecule has 0 amide bonds. The minimum Gasteiger partial charge on any atom is -0.369 e. The minimum atomic E-state index is -3.68.